The first-order valence-corrected chi connectivity index (χ1v) is 11.6. The van der Waals surface area contributed by atoms with E-state index in [1.54, 1.807) is 0 Å². The Morgan fingerprint density at radius 2 is 1.90 bits per heavy atom. The number of hydrogen-bond acceptors (Lipinski definition) is 5. The Labute approximate surface area is 186 Å². The van der Waals surface area contributed by atoms with E-state index in [9.17, 15) is 19.8 Å². The normalized spacial score (nSPS) is 30.2. The van der Waals surface area contributed by atoms with Crippen molar-refractivity contribution in [3.63, 3.8) is 0 Å². The van der Waals surface area contributed by atoms with E-state index < -0.39 is 23.6 Å². The number of carboxylic acid groups (broad SMARTS) is 1. The van der Waals surface area contributed by atoms with Crippen molar-refractivity contribution in [1.82, 2.24) is 0 Å². The number of carboxylic acids is 1. The third-order valence-electron chi connectivity index (χ3n) is 7.08. The summed E-state index contributed by atoms with van der Waals surface area (Å²) >= 11 is 0. The molecule has 0 radical (unpaired) electrons. The third-order valence-corrected chi connectivity index (χ3v) is 7.08. The van der Waals surface area contributed by atoms with Gasteiger partial charge in [0.1, 0.15) is 6.10 Å². The van der Waals surface area contributed by atoms with Crippen molar-refractivity contribution in [2.24, 2.45) is 29.1 Å². The second-order valence-electron chi connectivity index (χ2n) is 10.2. The molecule has 0 spiro atoms. The minimum atomic E-state index is -1.07. The maximum absolute atomic E-state index is 12.8. The van der Waals surface area contributed by atoms with Crippen molar-refractivity contribution in [2.75, 3.05) is 0 Å². The van der Waals surface area contributed by atoms with Gasteiger partial charge in [-0.3, -0.25) is 9.59 Å². The van der Waals surface area contributed by atoms with Crippen LogP contribution in [0, 0.1) is 29.1 Å². The molecule has 0 saturated carbocycles. The van der Waals surface area contributed by atoms with E-state index in [1.165, 1.54) is 5.57 Å². The highest BCUT2D eigenvalue weighted by atomic mass is 16.5. The van der Waals surface area contributed by atoms with Crippen LogP contribution in [0.3, 0.4) is 0 Å². The Morgan fingerprint density at radius 3 is 2.52 bits per heavy atom. The summed E-state index contributed by atoms with van der Waals surface area (Å²) in [6.07, 6.45) is 6.98. The predicted octanol–water partition coefficient (Wildman–Crippen LogP) is 4.11. The quantitative estimate of drug-likeness (QED) is 0.445. The largest absolute Gasteiger partial charge is 0.481 e. The fraction of sp³-hybridized carbons (Fsp3) is 0.760. The van der Waals surface area contributed by atoms with Crippen LogP contribution in [-0.2, 0) is 14.3 Å². The zero-order valence-corrected chi connectivity index (χ0v) is 19.6. The van der Waals surface area contributed by atoms with Crippen LogP contribution >= 0.6 is 0 Å². The van der Waals surface area contributed by atoms with Crippen molar-refractivity contribution >= 4 is 11.9 Å². The van der Waals surface area contributed by atoms with Gasteiger partial charge in [-0.15, -0.1) is 0 Å². The molecule has 31 heavy (non-hydrogen) atoms. The summed E-state index contributed by atoms with van der Waals surface area (Å²) in [6, 6.07) is 0. The Bertz CT molecular complexity index is 694. The molecule has 0 saturated heterocycles. The standard InChI is InChI=1S/C25H40O6/c1-6-25(4,5)24(30)31-21-12-15(2)11-17-8-7-16(3)20(23(17)21)10-9-18(26)13-19(27)14-22(28)29/h7-8,11,15-16,18-21,23,26-27H,6,9-10,12-14H2,1-5H3,(H,28,29)/t15-,16-,18?,19+,20-,21-,23?/m0/s1. The van der Waals surface area contributed by atoms with Crippen molar-refractivity contribution in [3.05, 3.63) is 23.8 Å². The van der Waals surface area contributed by atoms with Crippen LogP contribution in [-0.4, -0.2) is 45.6 Å². The maximum atomic E-state index is 12.8. The molecule has 0 bridgehead atoms. The smallest absolute Gasteiger partial charge is 0.311 e. The second kappa shape index (κ2) is 10.8. The number of rotatable bonds is 10. The molecule has 176 valence electrons. The monoisotopic (exact) mass is 436 g/mol. The van der Waals surface area contributed by atoms with Crippen LogP contribution in [0.4, 0.5) is 0 Å². The number of allylic oxidation sites excluding steroid dienone is 3. The van der Waals surface area contributed by atoms with Gasteiger partial charge >= 0.3 is 11.9 Å². The average Bonchev–Trinajstić information content (AvgIpc) is 2.66. The first-order chi connectivity index (χ1) is 14.4. The lowest BCUT2D eigenvalue weighted by Gasteiger charge is -2.44. The van der Waals surface area contributed by atoms with Gasteiger partial charge < -0.3 is 20.1 Å². The number of aliphatic hydroxyl groups is 2. The summed E-state index contributed by atoms with van der Waals surface area (Å²) < 4.78 is 6.10. The third kappa shape index (κ3) is 6.91. The Balaban J connectivity index is 2.12. The molecule has 2 aliphatic rings. The van der Waals surface area contributed by atoms with Crippen LogP contribution in [0.15, 0.2) is 23.8 Å². The SMILES string of the molecule is CCC(C)(C)C(=O)O[C@H]1C[C@@H](C)C=C2C=C[C@H](C)[C@H](CCC(O)C[C@@H](O)CC(=O)O)C21. The molecule has 7 atom stereocenters. The minimum absolute atomic E-state index is 0.0523. The van der Waals surface area contributed by atoms with Gasteiger partial charge in [-0.2, -0.15) is 0 Å². The zero-order valence-electron chi connectivity index (χ0n) is 19.6. The Morgan fingerprint density at radius 1 is 1.23 bits per heavy atom. The van der Waals surface area contributed by atoms with E-state index in [0.29, 0.717) is 25.2 Å². The summed E-state index contributed by atoms with van der Waals surface area (Å²) in [5.41, 5.74) is 0.682. The van der Waals surface area contributed by atoms with E-state index in [2.05, 4.69) is 32.1 Å². The lowest BCUT2D eigenvalue weighted by Crippen LogP contribution is -2.43. The molecule has 0 aliphatic heterocycles. The van der Waals surface area contributed by atoms with Gasteiger partial charge in [-0.05, 0) is 69.3 Å². The first kappa shape index (κ1) is 25.6. The molecule has 2 unspecified atom stereocenters. The van der Waals surface area contributed by atoms with Crippen LogP contribution in [0.5, 0.6) is 0 Å². The summed E-state index contributed by atoms with van der Waals surface area (Å²) in [5, 5.41) is 29.0. The average molecular weight is 437 g/mol. The number of aliphatic hydroxyl groups excluding tert-OH is 2. The Hall–Kier alpha value is -1.66. The van der Waals surface area contributed by atoms with Crippen molar-refractivity contribution < 1.29 is 29.6 Å². The molecule has 0 amide bonds. The van der Waals surface area contributed by atoms with Gasteiger partial charge in [0.2, 0.25) is 0 Å². The number of esters is 1. The predicted molar refractivity (Wildman–Crippen MR) is 119 cm³/mol. The molecule has 0 aromatic carbocycles. The Kier molecular flexibility index (Phi) is 8.90. The molecule has 2 rings (SSSR count). The number of ether oxygens (including phenoxy) is 1. The van der Waals surface area contributed by atoms with Gasteiger partial charge in [-0.1, -0.05) is 39.0 Å². The molecule has 0 heterocycles. The van der Waals surface area contributed by atoms with Crippen LogP contribution in [0.2, 0.25) is 0 Å². The summed E-state index contributed by atoms with van der Waals surface area (Å²) in [5.74, 6) is -0.347. The molecule has 0 aromatic rings. The van der Waals surface area contributed by atoms with Crippen LogP contribution < -0.4 is 0 Å². The van der Waals surface area contributed by atoms with E-state index in [-0.39, 0.29) is 42.7 Å². The highest BCUT2D eigenvalue weighted by Gasteiger charge is 2.42. The van der Waals surface area contributed by atoms with Gasteiger partial charge in [0.15, 0.2) is 0 Å². The number of carbonyl (C=O) groups excluding carboxylic acids is 1. The van der Waals surface area contributed by atoms with Gasteiger partial charge in [0.25, 0.3) is 0 Å². The second-order valence-corrected chi connectivity index (χ2v) is 10.2. The molecular formula is C25H40O6. The summed E-state index contributed by atoms with van der Waals surface area (Å²) in [6.45, 7) is 10.1. The molecule has 0 fully saturated rings. The van der Waals surface area contributed by atoms with Gasteiger partial charge in [-0.25, -0.2) is 0 Å². The lowest BCUT2D eigenvalue weighted by molar-refractivity contribution is -0.164. The number of aliphatic carboxylic acids is 1. The lowest BCUT2D eigenvalue weighted by atomic mass is 9.65. The minimum Gasteiger partial charge on any atom is -0.481 e. The molecule has 0 aromatic heterocycles. The summed E-state index contributed by atoms with van der Waals surface area (Å²) in [7, 11) is 0. The van der Waals surface area contributed by atoms with Gasteiger partial charge in [0.05, 0.1) is 24.0 Å². The highest BCUT2D eigenvalue weighted by Crippen LogP contribution is 2.45. The molecule has 3 N–H and O–H groups in total. The van der Waals surface area contributed by atoms with E-state index in [1.807, 2.05) is 20.8 Å². The van der Waals surface area contributed by atoms with E-state index >= 15 is 0 Å². The fourth-order valence-electron chi connectivity index (χ4n) is 4.76. The van der Waals surface area contributed by atoms with Crippen LogP contribution in [0.25, 0.3) is 0 Å². The maximum Gasteiger partial charge on any atom is 0.311 e. The number of fused-ring (bicyclic) bond motifs is 1. The van der Waals surface area contributed by atoms with Crippen molar-refractivity contribution in [2.45, 2.75) is 91.5 Å². The fourth-order valence-corrected chi connectivity index (χ4v) is 4.76. The van der Waals surface area contributed by atoms with E-state index in [4.69, 9.17) is 9.84 Å². The van der Waals surface area contributed by atoms with Gasteiger partial charge in [0, 0.05) is 5.92 Å². The number of carbonyl (C=O) groups is 2. The number of hydrogen-bond donors (Lipinski definition) is 3. The summed E-state index contributed by atoms with van der Waals surface area (Å²) in [4.78, 5) is 23.6. The molecular weight excluding hydrogens is 396 g/mol. The van der Waals surface area contributed by atoms with Crippen molar-refractivity contribution in [1.29, 1.82) is 0 Å². The highest BCUT2D eigenvalue weighted by molar-refractivity contribution is 5.76. The van der Waals surface area contributed by atoms with Crippen LogP contribution in [0.1, 0.15) is 73.1 Å². The molecule has 6 heteroatoms. The first-order valence-electron chi connectivity index (χ1n) is 11.6. The van der Waals surface area contributed by atoms with E-state index in [0.717, 1.165) is 6.42 Å². The van der Waals surface area contributed by atoms with Crippen molar-refractivity contribution in [3.8, 4) is 0 Å². The molecule has 2 aliphatic carbocycles. The topological polar surface area (TPSA) is 104 Å². The molecule has 6 nitrogen and oxygen atoms in total. The zero-order chi connectivity index (χ0) is 23.3.